The average molecular weight is 305 g/mol. The summed E-state index contributed by atoms with van der Waals surface area (Å²) in [5, 5.41) is 8.42. The minimum atomic E-state index is -0.288. The molecule has 0 fully saturated rings. The minimum absolute atomic E-state index is 0.288. The lowest BCUT2D eigenvalue weighted by molar-refractivity contribution is 0.0955. The molecular weight excluding hydrogens is 290 g/mol. The molecule has 3 aromatic rings. The monoisotopic (exact) mass is 305 g/mol. The summed E-state index contributed by atoms with van der Waals surface area (Å²) in [6.45, 7) is 1.94. The van der Waals surface area contributed by atoms with Gasteiger partial charge in [0.15, 0.2) is 0 Å². The Balaban J connectivity index is 1.71. The number of amides is 1. The van der Waals surface area contributed by atoms with E-state index < -0.39 is 0 Å². The van der Waals surface area contributed by atoms with Crippen LogP contribution in [0.1, 0.15) is 21.6 Å². The third-order valence-electron chi connectivity index (χ3n) is 3.25. The van der Waals surface area contributed by atoms with Gasteiger partial charge in [0.1, 0.15) is 5.69 Å². The van der Waals surface area contributed by atoms with Crippen molar-refractivity contribution in [2.24, 2.45) is 5.10 Å². The van der Waals surface area contributed by atoms with E-state index in [9.17, 15) is 4.79 Å². The lowest BCUT2D eigenvalue weighted by atomic mass is 10.3. The highest BCUT2D eigenvalue weighted by Crippen LogP contribution is 2.10. The summed E-state index contributed by atoms with van der Waals surface area (Å²) in [4.78, 5) is 15.7. The molecule has 0 spiro atoms. The van der Waals surface area contributed by atoms with Crippen molar-refractivity contribution >= 4 is 12.1 Å². The van der Waals surface area contributed by atoms with Gasteiger partial charge in [0.05, 0.1) is 11.9 Å². The van der Waals surface area contributed by atoms with E-state index in [2.05, 4.69) is 20.6 Å². The van der Waals surface area contributed by atoms with Gasteiger partial charge in [-0.25, -0.2) is 10.1 Å². The number of para-hydroxylation sites is 1. The summed E-state index contributed by atoms with van der Waals surface area (Å²) in [7, 11) is 0. The normalized spacial score (nSPS) is 10.8. The summed E-state index contributed by atoms with van der Waals surface area (Å²) >= 11 is 0. The fourth-order valence-electron chi connectivity index (χ4n) is 2.03. The molecule has 0 aliphatic heterocycles. The maximum atomic E-state index is 11.9. The molecule has 23 heavy (non-hydrogen) atoms. The predicted molar refractivity (Wildman–Crippen MR) is 87.6 cm³/mol. The van der Waals surface area contributed by atoms with E-state index in [0.29, 0.717) is 11.3 Å². The minimum Gasteiger partial charge on any atom is -0.267 e. The van der Waals surface area contributed by atoms with Crippen molar-refractivity contribution in [3.8, 4) is 5.69 Å². The molecule has 3 rings (SSSR count). The fraction of sp³-hybridized carbons (Fsp3) is 0.0588. The molecule has 1 aromatic carbocycles. The number of pyridine rings is 1. The number of aryl methyl sites for hydroxylation is 1. The first-order valence-corrected chi connectivity index (χ1v) is 7.09. The molecule has 0 aliphatic rings. The van der Waals surface area contributed by atoms with Gasteiger partial charge in [-0.2, -0.15) is 10.2 Å². The molecule has 0 unspecified atom stereocenters. The maximum absolute atomic E-state index is 11.9. The van der Waals surface area contributed by atoms with Crippen LogP contribution in [0.25, 0.3) is 5.69 Å². The quantitative estimate of drug-likeness (QED) is 0.594. The van der Waals surface area contributed by atoms with Crippen LogP contribution in [0.4, 0.5) is 0 Å². The van der Waals surface area contributed by atoms with Crippen LogP contribution < -0.4 is 5.43 Å². The molecule has 2 heterocycles. The molecule has 6 heteroatoms. The zero-order valence-corrected chi connectivity index (χ0v) is 12.5. The van der Waals surface area contributed by atoms with E-state index in [4.69, 9.17) is 0 Å². The first kappa shape index (κ1) is 14.6. The van der Waals surface area contributed by atoms with Crippen molar-refractivity contribution in [3.63, 3.8) is 0 Å². The van der Waals surface area contributed by atoms with Gasteiger partial charge in [0, 0.05) is 24.2 Å². The second-order valence-corrected chi connectivity index (χ2v) is 4.91. The third-order valence-corrected chi connectivity index (χ3v) is 3.25. The molecule has 6 nitrogen and oxygen atoms in total. The van der Waals surface area contributed by atoms with Crippen molar-refractivity contribution in [2.75, 3.05) is 0 Å². The Labute approximate surface area is 133 Å². The zero-order chi connectivity index (χ0) is 16.1. The number of nitrogens with one attached hydrogen (secondary N) is 1. The lowest BCUT2D eigenvalue weighted by Gasteiger charge is -1.99. The van der Waals surface area contributed by atoms with Crippen LogP contribution in [0, 0.1) is 6.92 Å². The van der Waals surface area contributed by atoms with Gasteiger partial charge in [-0.1, -0.05) is 18.2 Å². The molecular formula is C17H15N5O. The SMILES string of the molecule is Cc1cn(-c2ccccc2)nc1/C=N\NC(=O)c1ccncc1. The number of hydrogen-bond acceptors (Lipinski definition) is 4. The summed E-state index contributed by atoms with van der Waals surface area (Å²) in [5.74, 6) is -0.288. The highest BCUT2D eigenvalue weighted by molar-refractivity contribution is 5.94. The summed E-state index contributed by atoms with van der Waals surface area (Å²) < 4.78 is 1.78. The largest absolute Gasteiger partial charge is 0.271 e. The molecule has 0 saturated heterocycles. The Morgan fingerprint density at radius 3 is 2.65 bits per heavy atom. The Morgan fingerprint density at radius 1 is 1.17 bits per heavy atom. The number of hydrogen-bond donors (Lipinski definition) is 1. The Morgan fingerprint density at radius 2 is 1.91 bits per heavy atom. The van der Waals surface area contributed by atoms with Crippen molar-refractivity contribution in [1.82, 2.24) is 20.2 Å². The van der Waals surface area contributed by atoms with Crippen LogP contribution in [0.3, 0.4) is 0 Å². The second kappa shape index (κ2) is 6.65. The predicted octanol–water partition coefficient (Wildman–Crippen LogP) is 2.34. The van der Waals surface area contributed by atoms with Gasteiger partial charge >= 0.3 is 0 Å². The number of hydrazone groups is 1. The van der Waals surface area contributed by atoms with Crippen LogP contribution in [-0.4, -0.2) is 26.9 Å². The number of aromatic nitrogens is 3. The van der Waals surface area contributed by atoms with Crippen molar-refractivity contribution in [2.45, 2.75) is 6.92 Å². The van der Waals surface area contributed by atoms with E-state index in [1.165, 1.54) is 6.21 Å². The van der Waals surface area contributed by atoms with E-state index in [0.717, 1.165) is 11.3 Å². The maximum Gasteiger partial charge on any atom is 0.271 e. The number of nitrogens with zero attached hydrogens (tertiary/aromatic N) is 4. The van der Waals surface area contributed by atoms with Gasteiger partial charge in [-0.3, -0.25) is 9.78 Å². The first-order valence-electron chi connectivity index (χ1n) is 7.09. The van der Waals surface area contributed by atoms with Crippen LogP contribution in [0.5, 0.6) is 0 Å². The van der Waals surface area contributed by atoms with E-state index in [-0.39, 0.29) is 5.91 Å². The molecule has 114 valence electrons. The summed E-state index contributed by atoms with van der Waals surface area (Å²) in [5.41, 5.74) is 5.62. The average Bonchev–Trinajstić information content (AvgIpc) is 2.97. The van der Waals surface area contributed by atoms with Gasteiger partial charge in [0.2, 0.25) is 0 Å². The molecule has 0 bridgehead atoms. The first-order chi connectivity index (χ1) is 11.2. The van der Waals surface area contributed by atoms with Crippen molar-refractivity contribution in [1.29, 1.82) is 0 Å². The highest BCUT2D eigenvalue weighted by Gasteiger charge is 2.05. The fourth-order valence-corrected chi connectivity index (χ4v) is 2.03. The van der Waals surface area contributed by atoms with Crippen molar-refractivity contribution in [3.05, 3.63) is 77.9 Å². The Kier molecular flexibility index (Phi) is 4.24. The zero-order valence-electron chi connectivity index (χ0n) is 12.5. The van der Waals surface area contributed by atoms with Crippen LogP contribution >= 0.6 is 0 Å². The Bertz CT molecular complexity index is 825. The molecule has 0 radical (unpaired) electrons. The van der Waals surface area contributed by atoms with Crippen molar-refractivity contribution < 1.29 is 4.79 Å². The smallest absolute Gasteiger partial charge is 0.267 e. The molecule has 1 amide bonds. The van der Waals surface area contributed by atoms with Crippen LogP contribution in [0.15, 0.2) is 66.2 Å². The van der Waals surface area contributed by atoms with E-state index in [1.54, 1.807) is 29.2 Å². The summed E-state index contributed by atoms with van der Waals surface area (Å²) in [6.07, 6.45) is 6.57. The Hall–Kier alpha value is -3.28. The highest BCUT2D eigenvalue weighted by atomic mass is 16.2. The van der Waals surface area contributed by atoms with Gasteiger partial charge in [0.25, 0.3) is 5.91 Å². The van der Waals surface area contributed by atoms with Gasteiger partial charge in [-0.05, 0) is 36.8 Å². The summed E-state index contributed by atoms with van der Waals surface area (Å²) in [6, 6.07) is 13.1. The number of carbonyl (C=O) groups is 1. The number of rotatable bonds is 4. The van der Waals surface area contributed by atoms with E-state index >= 15 is 0 Å². The standard InChI is InChI=1S/C17H15N5O/c1-13-12-22(15-5-3-2-4-6-15)21-16(13)11-19-20-17(23)14-7-9-18-10-8-14/h2-12H,1H3,(H,20,23)/b19-11-. The van der Waals surface area contributed by atoms with Gasteiger partial charge in [-0.15, -0.1) is 0 Å². The number of benzene rings is 1. The van der Waals surface area contributed by atoms with E-state index in [1.807, 2.05) is 43.5 Å². The molecule has 2 aromatic heterocycles. The van der Waals surface area contributed by atoms with Crippen LogP contribution in [-0.2, 0) is 0 Å². The molecule has 0 aliphatic carbocycles. The van der Waals surface area contributed by atoms with Gasteiger partial charge < -0.3 is 0 Å². The number of carbonyl (C=O) groups excluding carboxylic acids is 1. The molecule has 0 saturated carbocycles. The molecule has 0 atom stereocenters. The van der Waals surface area contributed by atoms with Crippen LogP contribution in [0.2, 0.25) is 0 Å². The topological polar surface area (TPSA) is 72.2 Å². The molecule has 1 N–H and O–H groups in total. The second-order valence-electron chi connectivity index (χ2n) is 4.91. The third kappa shape index (κ3) is 3.49. The lowest BCUT2D eigenvalue weighted by Crippen LogP contribution is -2.17.